The summed E-state index contributed by atoms with van der Waals surface area (Å²) in [6, 6.07) is 7.30. The molecule has 0 unspecified atom stereocenters. The second-order valence-corrected chi connectivity index (χ2v) is 6.03. The Bertz CT molecular complexity index is 868. The van der Waals surface area contributed by atoms with Crippen LogP contribution >= 0.6 is 0 Å². The molecule has 7 nitrogen and oxygen atoms in total. The van der Waals surface area contributed by atoms with E-state index in [1.807, 2.05) is 36.6 Å². The van der Waals surface area contributed by atoms with Crippen molar-refractivity contribution in [2.45, 2.75) is 32.9 Å². The minimum atomic E-state index is -0.285. The molecule has 7 heteroatoms. The van der Waals surface area contributed by atoms with E-state index in [9.17, 15) is 4.79 Å². The van der Waals surface area contributed by atoms with Crippen molar-refractivity contribution in [2.75, 3.05) is 13.7 Å². The van der Waals surface area contributed by atoms with Gasteiger partial charge in [0.1, 0.15) is 11.9 Å². The number of aromatic nitrogens is 3. The lowest BCUT2D eigenvalue weighted by atomic mass is 10.2. The van der Waals surface area contributed by atoms with Crippen molar-refractivity contribution < 1.29 is 13.9 Å². The van der Waals surface area contributed by atoms with Crippen LogP contribution in [0, 0.1) is 6.92 Å². The second kappa shape index (κ2) is 7.48. The van der Waals surface area contributed by atoms with Gasteiger partial charge in [0.05, 0.1) is 6.04 Å². The first-order valence-corrected chi connectivity index (χ1v) is 8.27. The van der Waals surface area contributed by atoms with Crippen LogP contribution in [-0.2, 0) is 11.3 Å². The SMILES string of the molecule is COCCCn1cnnc1[C@H](C)NC(=O)c1cc2cccc(C)c2o1. The van der Waals surface area contributed by atoms with Crippen LogP contribution in [0.25, 0.3) is 11.0 Å². The zero-order valence-corrected chi connectivity index (χ0v) is 14.7. The molecule has 25 heavy (non-hydrogen) atoms. The highest BCUT2D eigenvalue weighted by atomic mass is 16.5. The molecule has 0 spiro atoms. The Kier molecular flexibility index (Phi) is 5.14. The number of para-hydroxylation sites is 1. The van der Waals surface area contributed by atoms with E-state index in [1.54, 1.807) is 19.5 Å². The number of hydrogen-bond acceptors (Lipinski definition) is 5. The van der Waals surface area contributed by atoms with Crippen LogP contribution in [-0.4, -0.2) is 34.4 Å². The standard InChI is InChI=1S/C18H22N4O3/c1-12-6-4-7-14-10-15(25-16(12)14)18(23)20-13(2)17-21-19-11-22(17)8-5-9-24-3/h4,6-7,10-11,13H,5,8-9H2,1-3H3,(H,20,23)/t13-/m0/s1. The number of methoxy groups -OCH3 is 1. The van der Waals surface area contributed by atoms with Crippen molar-refractivity contribution >= 4 is 16.9 Å². The van der Waals surface area contributed by atoms with Crippen LogP contribution in [0.3, 0.4) is 0 Å². The Labute approximate surface area is 146 Å². The van der Waals surface area contributed by atoms with E-state index in [0.717, 1.165) is 29.5 Å². The first-order valence-electron chi connectivity index (χ1n) is 8.27. The van der Waals surface area contributed by atoms with Gasteiger partial charge in [-0.1, -0.05) is 18.2 Å². The van der Waals surface area contributed by atoms with Gasteiger partial charge in [-0.15, -0.1) is 10.2 Å². The van der Waals surface area contributed by atoms with Crippen LogP contribution in [0.15, 0.2) is 35.0 Å². The molecule has 0 aliphatic heterocycles. The van der Waals surface area contributed by atoms with Gasteiger partial charge in [-0.2, -0.15) is 0 Å². The molecule has 0 saturated heterocycles. The summed E-state index contributed by atoms with van der Waals surface area (Å²) < 4.78 is 12.7. The molecule has 3 aromatic rings. The fourth-order valence-electron chi connectivity index (χ4n) is 2.80. The van der Waals surface area contributed by atoms with E-state index in [1.165, 1.54) is 0 Å². The molecule has 0 fully saturated rings. The number of carbonyl (C=O) groups is 1. The number of furan rings is 1. The maximum atomic E-state index is 12.5. The first kappa shape index (κ1) is 17.2. The Morgan fingerprint density at radius 1 is 1.44 bits per heavy atom. The topological polar surface area (TPSA) is 82.2 Å². The van der Waals surface area contributed by atoms with Crippen molar-refractivity contribution in [3.63, 3.8) is 0 Å². The highest BCUT2D eigenvalue weighted by Gasteiger charge is 2.19. The van der Waals surface area contributed by atoms with Gasteiger partial charge in [-0.05, 0) is 31.9 Å². The predicted molar refractivity (Wildman–Crippen MR) is 93.3 cm³/mol. The fourth-order valence-corrected chi connectivity index (χ4v) is 2.80. The van der Waals surface area contributed by atoms with E-state index >= 15 is 0 Å². The van der Waals surface area contributed by atoms with Crippen molar-refractivity contribution in [3.05, 3.63) is 47.7 Å². The van der Waals surface area contributed by atoms with Crippen molar-refractivity contribution in [3.8, 4) is 0 Å². The monoisotopic (exact) mass is 342 g/mol. The van der Waals surface area contributed by atoms with Crippen LogP contribution < -0.4 is 5.32 Å². The number of aryl methyl sites for hydroxylation is 2. The molecule has 0 saturated carbocycles. The lowest BCUT2D eigenvalue weighted by Crippen LogP contribution is -2.28. The molecule has 2 aromatic heterocycles. The second-order valence-electron chi connectivity index (χ2n) is 6.03. The number of benzene rings is 1. The van der Waals surface area contributed by atoms with E-state index in [0.29, 0.717) is 18.2 Å². The molecule has 3 rings (SSSR count). The van der Waals surface area contributed by atoms with Gasteiger partial charge >= 0.3 is 0 Å². The summed E-state index contributed by atoms with van der Waals surface area (Å²) >= 11 is 0. The number of carbonyl (C=O) groups excluding carboxylic acids is 1. The lowest BCUT2D eigenvalue weighted by molar-refractivity contribution is 0.0911. The van der Waals surface area contributed by atoms with Crippen molar-refractivity contribution in [2.24, 2.45) is 0 Å². The number of ether oxygens (including phenoxy) is 1. The molecule has 0 radical (unpaired) electrons. The maximum Gasteiger partial charge on any atom is 0.287 e. The van der Waals surface area contributed by atoms with Gasteiger partial charge in [0.15, 0.2) is 11.6 Å². The molecule has 1 N–H and O–H groups in total. The van der Waals surface area contributed by atoms with Crippen LogP contribution in [0.5, 0.6) is 0 Å². The van der Waals surface area contributed by atoms with Gasteiger partial charge in [0.2, 0.25) is 0 Å². The van der Waals surface area contributed by atoms with E-state index in [-0.39, 0.29) is 11.9 Å². The zero-order valence-electron chi connectivity index (χ0n) is 14.7. The van der Waals surface area contributed by atoms with Crippen molar-refractivity contribution in [1.29, 1.82) is 0 Å². The Morgan fingerprint density at radius 2 is 2.28 bits per heavy atom. The predicted octanol–water partition coefficient (Wildman–Crippen LogP) is 2.86. The molecule has 0 aliphatic rings. The van der Waals surface area contributed by atoms with Gasteiger partial charge in [-0.3, -0.25) is 4.79 Å². The molecule has 1 aromatic carbocycles. The molecule has 2 heterocycles. The van der Waals surface area contributed by atoms with Crippen molar-refractivity contribution in [1.82, 2.24) is 20.1 Å². The minimum absolute atomic E-state index is 0.269. The molecule has 1 amide bonds. The first-order chi connectivity index (χ1) is 12.1. The number of nitrogens with one attached hydrogen (secondary N) is 1. The van der Waals surface area contributed by atoms with Gasteiger partial charge in [0.25, 0.3) is 5.91 Å². The Morgan fingerprint density at radius 3 is 3.04 bits per heavy atom. The third-order valence-corrected chi connectivity index (χ3v) is 4.09. The zero-order chi connectivity index (χ0) is 17.8. The number of rotatable bonds is 7. The number of nitrogens with zero attached hydrogens (tertiary/aromatic N) is 3. The van der Waals surface area contributed by atoms with Gasteiger partial charge in [0, 0.05) is 25.6 Å². The highest BCUT2D eigenvalue weighted by molar-refractivity contribution is 5.96. The van der Waals surface area contributed by atoms with Gasteiger partial charge < -0.3 is 19.0 Å². The molecule has 132 valence electrons. The molecular weight excluding hydrogens is 320 g/mol. The summed E-state index contributed by atoms with van der Waals surface area (Å²) in [7, 11) is 1.67. The summed E-state index contributed by atoms with van der Waals surface area (Å²) in [5.74, 6) is 0.730. The number of fused-ring (bicyclic) bond motifs is 1. The van der Waals surface area contributed by atoms with E-state index in [4.69, 9.17) is 9.15 Å². The van der Waals surface area contributed by atoms with E-state index in [2.05, 4.69) is 15.5 Å². The lowest BCUT2D eigenvalue weighted by Gasteiger charge is -2.14. The third kappa shape index (κ3) is 3.71. The average Bonchev–Trinajstić information content (AvgIpc) is 3.22. The average molecular weight is 342 g/mol. The molecule has 1 atom stereocenters. The van der Waals surface area contributed by atoms with E-state index < -0.39 is 0 Å². The number of amides is 1. The summed E-state index contributed by atoms with van der Waals surface area (Å²) in [5, 5.41) is 11.9. The van der Waals surface area contributed by atoms with Crippen LogP contribution in [0.2, 0.25) is 0 Å². The smallest absolute Gasteiger partial charge is 0.287 e. The maximum absolute atomic E-state index is 12.5. The van der Waals surface area contributed by atoms with Crippen LogP contribution in [0.1, 0.15) is 41.3 Å². The summed E-state index contributed by atoms with van der Waals surface area (Å²) in [6.07, 6.45) is 2.52. The molecule has 0 aliphatic carbocycles. The summed E-state index contributed by atoms with van der Waals surface area (Å²) in [4.78, 5) is 12.5. The highest BCUT2D eigenvalue weighted by Crippen LogP contribution is 2.23. The molecule has 0 bridgehead atoms. The third-order valence-electron chi connectivity index (χ3n) is 4.09. The fraction of sp³-hybridized carbons (Fsp3) is 0.389. The summed E-state index contributed by atoms with van der Waals surface area (Å²) in [5.41, 5.74) is 1.74. The summed E-state index contributed by atoms with van der Waals surface area (Å²) in [6.45, 7) is 5.23. The Hall–Kier alpha value is -2.67. The number of hydrogen-bond donors (Lipinski definition) is 1. The van der Waals surface area contributed by atoms with Crippen LogP contribution in [0.4, 0.5) is 0 Å². The quantitative estimate of drug-likeness (QED) is 0.668. The Balaban J connectivity index is 1.72. The van der Waals surface area contributed by atoms with Gasteiger partial charge in [-0.25, -0.2) is 0 Å². The molecular formula is C18H22N4O3. The largest absolute Gasteiger partial charge is 0.451 e. The minimum Gasteiger partial charge on any atom is -0.451 e. The normalized spacial score (nSPS) is 12.4.